The van der Waals surface area contributed by atoms with Crippen LogP contribution < -0.4 is 0 Å². The van der Waals surface area contributed by atoms with Crippen LogP contribution in [0.1, 0.15) is 58.3 Å². The Morgan fingerprint density at radius 3 is 2.06 bits per heavy atom. The van der Waals surface area contributed by atoms with Crippen LogP contribution >= 0.6 is 0 Å². The Morgan fingerprint density at radius 2 is 1.56 bits per heavy atom. The summed E-state index contributed by atoms with van der Waals surface area (Å²) in [5, 5.41) is 9.54. The zero-order valence-electron chi connectivity index (χ0n) is 11.5. The molecule has 4 rings (SSSR count). The first-order valence-corrected chi connectivity index (χ1v) is 7.51. The van der Waals surface area contributed by atoms with E-state index in [1.54, 1.807) is 0 Å². The van der Waals surface area contributed by atoms with Gasteiger partial charge in [-0.25, -0.2) is 0 Å². The summed E-state index contributed by atoms with van der Waals surface area (Å²) in [5.41, 5.74) is 0.500. The van der Waals surface area contributed by atoms with E-state index in [0.29, 0.717) is 11.3 Å². The second-order valence-corrected chi connectivity index (χ2v) is 7.11. The lowest BCUT2D eigenvalue weighted by Crippen LogP contribution is -2.52. The van der Waals surface area contributed by atoms with Crippen molar-refractivity contribution in [3.63, 3.8) is 0 Å². The number of nitrogens with zero attached hydrogens (tertiary/aromatic N) is 1. The zero-order chi connectivity index (χ0) is 12.8. The van der Waals surface area contributed by atoms with Crippen molar-refractivity contribution in [2.24, 2.45) is 10.8 Å². The van der Waals surface area contributed by atoms with Gasteiger partial charge in [-0.15, -0.1) is 0 Å². The molecule has 3 heteroatoms. The molecule has 1 heterocycles. The maximum Gasteiger partial charge on any atom is 0.228 e. The van der Waals surface area contributed by atoms with Crippen molar-refractivity contribution in [1.29, 1.82) is 0 Å². The number of piperidine rings is 1. The minimum absolute atomic E-state index is 0.0277. The van der Waals surface area contributed by atoms with Crippen LogP contribution in [0.4, 0.5) is 0 Å². The van der Waals surface area contributed by atoms with Gasteiger partial charge in [0, 0.05) is 18.5 Å². The topological polar surface area (TPSA) is 40.5 Å². The van der Waals surface area contributed by atoms with E-state index >= 15 is 0 Å². The first-order chi connectivity index (χ1) is 8.53. The first kappa shape index (κ1) is 12.5. The van der Waals surface area contributed by atoms with Crippen molar-refractivity contribution in [2.75, 3.05) is 13.1 Å². The van der Waals surface area contributed by atoms with Gasteiger partial charge in [0.25, 0.3) is 0 Å². The van der Waals surface area contributed by atoms with Crippen LogP contribution in [0.15, 0.2) is 0 Å². The molecule has 0 atom stereocenters. The van der Waals surface area contributed by atoms with Gasteiger partial charge in [0.1, 0.15) is 0 Å². The summed E-state index contributed by atoms with van der Waals surface area (Å²) >= 11 is 0. The number of likely N-dealkylation sites (tertiary alicyclic amines) is 1. The van der Waals surface area contributed by atoms with Gasteiger partial charge in [-0.1, -0.05) is 6.92 Å². The van der Waals surface area contributed by atoms with E-state index < -0.39 is 0 Å². The van der Waals surface area contributed by atoms with Crippen LogP contribution in [0.5, 0.6) is 0 Å². The number of aliphatic hydroxyl groups excluding tert-OH is 1. The second kappa shape index (κ2) is 4.22. The van der Waals surface area contributed by atoms with Crippen LogP contribution in [0.25, 0.3) is 0 Å². The SMILES string of the molecule is CC12CCC(C(=O)N3CCC(O)CC3)(CC1)CC2. The molecule has 4 fully saturated rings. The summed E-state index contributed by atoms with van der Waals surface area (Å²) in [7, 11) is 0. The number of carbonyl (C=O) groups excluding carboxylic acids is 1. The molecule has 2 bridgehead atoms. The molecule has 3 nitrogen and oxygen atoms in total. The standard InChI is InChI=1S/C15H25NO2/c1-14-4-7-15(8-5-14,9-6-14)13(18)16-10-2-12(17)3-11-16/h12,17H,2-11H2,1H3. The van der Waals surface area contributed by atoms with Crippen molar-refractivity contribution in [2.45, 2.75) is 64.4 Å². The van der Waals surface area contributed by atoms with Crippen molar-refractivity contribution < 1.29 is 9.90 Å². The van der Waals surface area contributed by atoms with Crippen LogP contribution in [0.3, 0.4) is 0 Å². The number of aliphatic hydroxyl groups is 1. The summed E-state index contributed by atoms with van der Waals surface area (Å²) < 4.78 is 0. The Bertz CT molecular complexity index is 320. The summed E-state index contributed by atoms with van der Waals surface area (Å²) in [6.07, 6.45) is 8.33. The molecule has 1 saturated heterocycles. The van der Waals surface area contributed by atoms with Crippen LogP contribution in [0, 0.1) is 10.8 Å². The maximum atomic E-state index is 12.8. The highest BCUT2D eigenvalue weighted by Crippen LogP contribution is 2.57. The number of carbonyl (C=O) groups is 1. The molecular weight excluding hydrogens is 226 g/mol. The fourth-order valence-electron chi connectivity index (χ4n) is 4.10. The van der Waals surface area contributed by atoms with Gasteiger partial charge in [-0.3, -0.25) is 4.79 Å². The predicted octanol–water partition coefficient (Wildman–Crippen LogP) is 2.33. The summed E-state index contributed by atoms with van der Waals surface area (Å²) in [4.78, 5) is 14.8. The highest BCUT2D eigenvalue weighted by molar-refractivity contribution is 5.83. The predicted molar refractivity (Wildman–Crippen MR) is 70.1 cm³/mol. The van der Waals surface area contributed by atoms with E-state index in [2.05, 4.69) is 6.92 Å². The number of hydrogen-bond donors (Lipinski definition) is 1. The molecule has 0 unspecified atom stereocenters. The summed E-state index contributed by atoms with van der Waals surface area (Å²) in [6, 6.07) is 0. The molecule has 0 spiro atoms. The van der Waals surface area contributed by atoms with Crippen molar-refractivity contribution in [3.8, 4) is 0 Å². The van der Waals surface area contributed by atoms with Crippen molar-refractivity contribution in [3.05, 3.63) is 0 Å². The van der Waals surface area contributed by atoms with Gasteiger partial charge in [-0.2, -0.15) is 0 Å². The monoisotopic (exact) mass is 251 g/mol. The Hall–Kier alpha value is -0.570. The minimum Gasteiger partial charge on any atom is -0.393 e. The largest absolute Gasteiger partial charge is 0.393 e. The zero-order valence-corrected chi connectivity index (χ0v) is 11.5. The molecule has 1 aliphatic heterocycles. The molecule has 0 radical (unpaired) electrons. The van der Waals surface area contributed by atoms with E-state index in [9.17, 15) is 9.90 Å². The average molecular weight is 251 g/mol. The lowest BCUT2D eigenvalue weighted by Gasteiger charge is -2.52. The highest BCUT2D eigenvalue weighted by Gasteiger charge is 2.51. The number of hydrogen-bond acceptors (Lipinski definition) is 2. The highest BCUT2D eigenvalue weighted by atomic mass is 16.3. The van der Waals surface area contributed by atoms with Crippen LogP contribution in [-0.2, 0) is 4.79 Å². The summed E-state index contributed by atoms with van der Waals surface area (Å²) in [6.45, 7) is 3.91. The van der Waals surface area contributed by atoms with Crippen molar-refractivity contribution >= 4 is 5.91 Å². The molecule has 18 heavy (non-hydrogen) atoms. The van der Waals surface area contributed by atoms with E-state index in [1.807, 2.05) is 4.90 Å². The molecule has 3 aliphatic carbocycles. The quantitative estimate of drug-likeness (QED) is 0.777. The Morgan fingerprint density at radius 1 is 1.06 bits per heavy atom. The van der Waals surface area contributed by atoms with Gasteiger partial charge < -0.3 is 10.0 Å². The number of fused-ring (bicyclic) bond motifs is 3. The Balaban J connectivity index is 1.69. The lowest BCUT2D eigenvalue weighted by atomic mass is 9.54. The molecular formula is C15H25NO2. The third-order valence-corrected chi connectivity index (χ3v) is 5.83. The smallest absolute Gasteiger partial charge is 0.228 e. The summed E-state index contributed by atoms with van der Waals surface area (Å²) in [5.74, 6) is 0.399. The van der Waals surface area contributed by atoms with Crippen LogP contribution in [0.2, 0.25) is 0 Å². The molecule has 0 aromatic heterocycles. The average Bonchev–Trinajstić information content (AvgIpc) is 2.40. The van der Waals surface area contributed by atoms with Gasteiger partial charge in [0.05, 0.1) is 6.10 Å². The number of rotatable bonds is 1. The Labute approximate surface area is 110 Å². The second-order valence-electron chi connectivity index (χ2n) is 7.11. The molecule has 102 valence electrons. The van der Waals surface area contributed by atoms with Crippen LogP contribution in [-0.4, -0.2) is 35.1 Å². The fourth-order valence-corrected chi connectivity index (χ4v) is 4.10. The van der Waals surface area contributed by atoms with Crippen molar-refractivity contribution in [1.82, 2.24) is 4.90 Å². The molecule has 0 aromatic rings. The van der Waals surface area contributed by atoms with Gasteiger partial charge in [0.15, 0.2) is 0 Å². The van der Waals surface area contributed by atoms with Gasteiger partial charge in [0.2, 0.25) is 5.91 Å². The molecule has 1 N–H and O–H groups in total. The number of amides is 1. The fraction of sp³-hybridized carbons (Fsp3) is 0.933. The van der Waals surface area contributed by atoms with E-state index in [-0.39, 0.29) is 11.5 Å². The van der Waals surface area contributed by atoms with E-state index in [4.69, 9.17) is 0 Å². The third-order valence-electron chi connectivity index (χ3n) is 5.83. The molecule has 4 aliphatic rings. The van der Waals surface area contributed by atoms with Gasteiger partial charge in [-0.05, 0) is 56.8 Å². The molecule has 1 amide bonds. The lowest BCUT2D eigenvalue weighted by molar-refractivity contribution is -0.153. The first-order valence-electron chi connectivity index (χ1n) is 7.51. The van der Waals surface area contributed by atoms with E-state index in [0.717, 1.165) is 45.2 Å². The molecule has 0 aromatic carbocycles. The Kier molecular flexibility index (Phi) is 2.92. The maximum absolute atomic E-state index is 12.8. The minimum atomic E-state index is -0.187. The normalized spacial score (nSPS) is 41.1. The van der Waals surface area contributed by atoms with Gasteiger partial charge >= 0.3 is 0 Å². The third kappa shape index (κ3) is 1.97. The van der Waals surface area contributed by atoms with E-state index in [1.165, 1.54) is 19.3 Å². The molecule has 3 saturated carbocycles.